The average Bonchev–Trinajstić information content (AvgIpc) is 1.27. The molecule has 83 heavy (non-hydrogen) atoms. The fraction of sp³-hybridized carbons (Fsp3) is 0.221. The van der Waals surface area contributed by atoms with Gasteiger partial charge >= 0.3 is 0 Å². The number of hydrogen-bond acceptors (Lipinski definition) is 4. The predicted molar refractivity (Wildman–Crippen MR) is 343 cm³/mol. The van der Waals surface area contributed by atoms with Crippen LogP contribution in [-0.2, 0) is 42.7 Å². The number of pyridine rings is 1. The normalized spacial score (nSPS) is 17.1. The largest absolute Gasteiger partial charge is 0.509 e. The maximum absolute atomic E-state index is 10.4. The molecule has 13 rings (SSSR count). The van der Waals surface area contributed by atoms with Crippen LogP contribution in [0.4, 0.5) is 22.7 Å². The molecular formula is C77H71N4OPt-3. The number of hydrogen-bond donors (Lipinski definition) is 0. The summed E-state index contributed by atoms with van der Waals surface area (Å²) in [5.74, 6) is 1.07. The maximum atomic E-state index is 10.4. The molecule has 0 spiro atoms. The van der Waals surface area contributed by atoms with Gasteiger partial charge in [0.15, 0.2) is 0 Å². The van der Waals surface area contributed by atoms with Crippen LogP contribution in [0.15, 0.2) is 200 Å². The fourth-order valence-corrected chi connectivity index (χ4v) is 11.5. The van der Waals surface area contributed by atoms with E-state index in [0.29, 0.717) is 73.4 Å². The number of benzene rings is 9. The molecule has 1 aliphatic carbocycles. The van der Waals surface area contributed by atoms with E-state index in [1.165, 1.54) is 6.20 Å². The van der Waals surface area contributed by atoms with Crippen LogP contribution in [0.3, 0.4) is 0 Å². The summed E-state index contributed by atoms with van der Waals surface area (Å²) in [4.78, 5) is 8.66. The Labute approximate surface area is 525 Å². The molecule has 0 atom stereocenters. The van der Waals surface area contributed by atoms with Gasteiger partial charge < -0.3 is 19.1 Å². The number of nitrogens with zero attached hydrogens (tertiary/aromatic N) is 4. The number of fused-ring (bicyclic) bond motifs is 5. The van der Waals surface area contributed by atoms with Gasteiger partial charge in [-0.05, 0) is 145 Å². The molecule has 1 aliphatic heterocycles. The van der Waals surface area contributed by atoms with Gasteiger partial charge in [0.2, 0.25) is 0 Å². The van der Waals surface area contributed by atoms with Gasteiger partial charge in [-0.3, -0.25) is 0 Å². The van der Waals surface area contributed by atoms with Gasteiger partial charge in [-0.15, -0.1) is 48.1 Å². The zero-order valence-electron chi connectivity index (χ0n) is 62.2. The van der Waals surface area contributed by atoms with Crippen molar-refractivity contribution in [3.63, 3.8) is 0 Å². The first-order valence-corrected chi connectivity index (χ1v) is 27.9. The van der Waals surface area contributed by atoms with Gasteiger partial charge in [-0.25, -0.2) is 4.98 Å². The van der Waals surface area contributed by atoms with Crippen molar-refractivity contribution in [1.82, 2.24) is 9.55 Å². The second-order valence-corrected chi connectivity index (χ2v) is 25.0. The summed E-state index contributed by atoms with van der Waals surface area (Å²) in [6, 6.07) is 43.2. The molecule has 0 saturated carbocycles. The average molecular weight is 1280 g/mol. The molecule has 418 valence electrons. The summed E-state index contributed by atoms with van der Waals surface area (Å²) in [7, 11) is 0. The van der Waals surface area contributed by atoms with Gasteiger partial charge in [0.1, 0.15) is 5.82 Å². The Morgan fingerprint density at radius 3 is 1.96 bits per heavy atom. The van der Waals surface area contributed by atoms with E-state index in [2.05, 4.69) is 60.6 Å². The molecule has 11 aromatic rings. The van der Waals surface area contributed by atoms with Crippen molar-refractivity contribution in [2.45, 2.75) is 111 Å². The van der Waals surface area contributed by atoms with Crippen molar-refractivity contribution < 1.29 is 45.0 Å². The first-order valence-electron chi connectivity index (χ1n) is 34.9. The van der Waals surface area contributed by atoms with Crippen molar-refractivity contribution in [3.8, 4) is 61.8 Å². The van der Waals surface area contributed by atoms with Crippen LogP contribution in [0.25, 0.3) is 72.1 Å². The summed E-state index contributed by atoms with van der Waals surface area (Å²) < 4.78 is 138. The van der Waals surface area contributed by atoms with Crippen LogP contribution in [0.5, 0.6) is 11.5 Å². The monoisotopic (exact) mass is 1280 g/mol. The quantitative estimate of drug-likeness (QED) is 0.135. The summed E-state index contributed by atoms with van der Waals surface area (Å²) in [5.41, 5.74) is 6.13. The molecule has 9 aromatic carbocycles. The zero-order valence-corrected chi connectivity index (χ0v) is 50.5. The van der Waals surface area contributed by atoms with E-state index in [1.807, 2.05) is 151 Å². The number of para-hydroxylation sites is 3. The fourth-order valence-electron chi connectivity index (χ4n) is 11.5. The molecule has 5 nitrogen and oxygen atoms in total. The molecule has 0 N–H and O–H groups in total. The Bertz CT molecular complexity index is 5040. The van der Waals surface area contributed by atoms with Gasteiger partial charge in [-0.1, -0.05) is 196 Å². The predicted octanol–water partition coefficient (Wildman–Crippen LogP) is 20.9. The third-order valence-corrected chi connectivity index (χ3v) is 16.3. The minimum Gasteiger partial charge on any atom is -0.509 e. The molecule has 2 aliphatic rings. The zero-order chi connectivity index (χ0) is 68.9. The summed E-state index contributed by atoms with van der Waals surface area (Å²) in [6.45, 7) is 19.8. The Morgan fingerprint density at radius 2 is 1.23 bits per heavy atom. The summed E-state index contributed by atoms with van der Waals surface area (Å²) >= 11 is 0. The third-order valence-electron chi connectivity index (χ3n) is 16.3. The number of rotatable bonds is 9. The number of anilines is 4. The molecule has 0 radical (unpaired) electrons. The smallest absolute Gasteiger partial charge is 0.135 e. The van der Waals surface area contributed by atoms with E-state index in [1.54, 1.807) is 18.2 Å². The Balaban J connectivity index is 0.00000897. The minimum atomic E-state index is -2.85. The van der Waals surface area contributed by atoms with Crippen molar-refractivity contribution in [2.24, 2.45) is 0 Å². The minimum absolute atomic E-state index is 0. The summed E-state index contributed by atoms with van der Waals surface area (Å²) in [6.07, 6.45) is 2.92. The molecule has 0 saturated heterocycles. The Kier molecular flexibility index (Phi) is 10.4. The molecular weight excluding hydrogens is 1190 g/mol. The Hall–Kier alpha value is -7.98. The molecule has 0 amide bonds. The molecule has 6 heteroatoms. The Morgan fingerprint density at radius 1 is 0.566 bits per heavy atom. The van der Waals surface area contributed by atoms with Crippen molar-refractivity contribution in [1.29, 1.82) is 0 Å². The maximum Gasteiger partial charge on any atom is 0.135 e. The van der Waals surface area contributed by atoms with Crippen LogP contribution < -0.4 is 14.5 Å². The van der Waals surface area contributed by atoms with E-state index in [9.17, 15) is 9.60 Å². The van der Waals surface area contributed by atoms with Crippen molar-refractivity contribution in [2.75, 3.05) is 9.80 Å². The molecule has 0 fully saturated rings. The molecule has 3 heterocycles. The van der Waals surface area contributed by atoms with Gasteiger partial charge in [0.25, 0.3) is 0 Å². The molecule has 0 bridgehead atoms. The van der Waals surface area contributed by atoms with Crippen LogP contribution in [0.1, 0.15) is 129 Å². The van der Waals surface area contributed by atoms with Crippen molar-refractivity contribution >= 4 is 44.6 Å². The van der Waals surface area contributed by atoms with E-state index < -0.39 is 52.8 Å². The van der Waals surface area contributed by atoms with Crippen LogP contribution in [-0.4, -0.2) is 9.55 Å². The van der Waals surface area contributed by atoms with Gasteiger partial charge in [-0.2, -0.15) is 12.1 Å². The van der Waals surface area contributed by atoms with Crippen LogP contribution in [0.2, 0.25) is 0 Å². The van der Waals surface area contributed by atoms with E-state index >= 15 is 0 Å². The van der Waals surface area contributed by atoms with Gasteiger partial charge in [0.05, 0.1) is 15.1 Å². The van der Waals surface area contributed by atoms with Crippen molar-refractivity contribution in [3.05, 3.63) is 247 Å². The molecule has 0 unspecified atom stereocenters. The second kappa shape index (κ2) is 21.0. The molecule has 2 aromatic heterocycles. The standard InChI is InChI=1S/C77H71N4O.Pt/c1-50-20-12-13-25-61(50)55-35-39-72(78-48-55)81-68-27-15-14-26-62(68)63-37-36-60(47-71(63)81)82-59-24-19-23-58(46-59)79-49-80(70-29-17-16-28-69(70)79)73-64(52-32-30-51(31-33-52)53-21-18-22-56(42-53)74(2,3)4)44-57(75(5,6)7)45-65(73)54-34-38-66-67(43-54)77(10,11)41-40-76(66,8)9;/h12-39,42-45,48-49H,40-41H2,1-11H3;/q-3;/i1D3,12D,13D,20D,25D,30D,31D,32D,33D,34D,38D,43D;. The van der Waals surface area contributed by atoms with Crippen LogP contribution >= 0.6 is 0 Å². The number of aromatic nitrogens is 2. The van der Waals surface area contributed by atoms with Crippen LogP contribution in [0, 0.1) is 25.7 Å². The SMILES string of the molecule is [2H]c1c([2H])c([2H])c(C([2H])([2H])[2H])c(-c2ccc(-n3c4[c-]c(Oc5[c-]c(N6[CH-]N(c7c(-c8c([2H])c([2H])c(-c9cccc(C(C)(C)C)c9)c([2H])c8[2H])cc(C(C)(C)C)cc7-c7c([2H])c([2H])c8c(c7[2H])C(C)(C)CCC8(C)C)c7ccccc76)ccc5)ccc4c4ccccc43)nc2)c1[2H].[Pt]. The second-order valence-electron chi connectivity index (χ2n) is 25.0. The van der Waals surface area contributed by atoms with E-state index in [4.69, 9.17) is 19.3 Å². The topological polar surface area (TPSA) is 33.5 Å². The van der Waals surface area contributed by atoms with Gasteiger partial charge in [0, 0.05) is 82.1 Å². The first-order chi connectivity index (χ1) is 45.1. The number of ether oxygens (including phenoxy) is 1. The van der Waals surface area contributed by atoms with E-state index in [-0.39, 0.29) is 96.6 Å². The summed E-state index contributed by atoms with van der Waals surface area (Å²) in [5, 5.41) is 1.71. The van der Waals surface area contributed by atoms with E-state index in [0.717, 1.165) is 40.3 Å². The first kappa shape index (κ1) is 41.1. The third kappa shape index (κ3) is 10.2.